The number of nitrogens with zero attached hydrogens (tertiary/aromatic N) is 3. The molecule has 0 aliphatic rings. The van der Waals surface area contributed by atoms with Crippen LogP contribution in [0.3, 0.4) is 0 Å². The number of aromatic nitrogens is 2. The number of carbonyl (C=O) groups is 1. The summed E-state index contributed by atoms with van der Waals surface area (Å²) in [6.07, 6.45) is 1.20. The van der Waals surface area contributed by atoms with Crippen LogP contribution in [0, 0.1) is 10.1 Å². The first-order valence-electron chi connectivity index (χ1n) is 7.14. The third-order valence-electron chi connectivity index (χ3n) is 3.45. The molecule has 0 aliphatic heterocycles. The molecule has 0 radical (unpaired) electrons. The zero-order valence-electron chi connectivity index (χ0n) is 12.7. The topological polar surface area (TPSA) is 134 Å². The van der Waals surface area contributed by atoms with E-state index >= 15 is 0 Å². The summed E-state index contributed by atoms with van der Waals surface area (Å²) in [5.74, 6) is -0.458. The van der Waals surface area contributed by atoms with Gasteiger partial charge in [0.25, 0.3) is 11.6 Å². The standard InChI is InChI=1S/C16H12N4O5/c21-14-6-5-13(20(23)24)7-12(14)8-17-15(22)10-1-3-11(4-2-10)16-19-18-9-25-16/h1-7,9,21H,8H2,(H,17,22)/p-1. The van der Waals surface area contributed by atoms with E-state index in [1.807, 2.05) is 0 Å². The molecule has 0 bridgehead atoms. The molecule has 0 spiro atoms. The number of nitrogens with one attached hydrogen (secondary N) is 1. The second kappa shape index (κ2) is 6.79. The Bertz CT molecular complexity index is 907. The molecule has 2 aromatic carbocycles. The Morgan fingerprint density at radius 1 is 1.20 bits per heavy atom. The Hall–Kier alpha value is -3.75. The zero-order chi connectivity index (χ0) is 17.8. The Morgan fingerprint density at radius 3 is 2.60 bits per heavy atom. The number of nitro groups is 1. The molecule has 1 heterocycles. The fourth-order valence-electron chi connectivity index (χ4n) is 2.16. The van der Waals surface area contributed by atoms with Gasteiger partial charge in [-0.15, -0.1) is 15.9 Å². The lowest BCUT2D eigenvalue weighted by Gasteiger charge is -2.13. The summed E-state index contributed by atoms with van der Waals surface area (Å²) in [5.41, 5.74) is 0.966. The molecule has 0 aliphatic carbocycles. The first-order chi connectivity index (χ1) is 12.0. The van der Waals surface area contributed by atoms with Gasteiger partial charge in [-0.2, -0.15) is 0 Å². The van der Waals surface area contributed by atoms with Crippen molar-refractivity contribution in [3.8, 4) is 17.2 Å². The van der Waals surface area contributed by atoms with E-state index in [0.29, 0.717) is 17.0 Å². The minimum absolute atomic E-state index is 0.106. The normalized spacial score (nSPS) is 10.4. The maximum atomic E-state index is 12.1. The van der Waals surface area contributed by atoms with Gasteiger partial charge in [0.2, 0.25) is 12.3 Å². The van der Waals surface area contributed by atoms with Gasteiger partial charge in [0.05, 0.1) is 4.92 Å². The molecule has 1 N–H and O–H groups in total. The fraction of sp³-hybridized carbons (Fsp3) is 0.0625. The van der Waals surface area contributed by atoms with E-state index in [9.17, 15) is 20.0 Å². The van der Waals surface area contributed by atoms with Gasteiger partial charge >= 0.3 is 0 Å². The average Bonchev–Trinajstić information content (AvgIpc) is 3.15. The van der Waals surface area contributed by atoms with Crippen LogP contribution in [0.4, 0.5) is 5.69 Å². The minimum Gasteiger partial charge on any atom is -0.872 e. The Balaban J connectivity index is 1.69. The fourth-order valence-corrected chi connectivity index (χ4v) is 2.16. The van der Waals surface area contributed by atoms with Crippen LogP contribution in [-0.2, 0) is 6.54 Å². The van der Waals surface area contributed by atoms with Crippen LogP contribution in [0.1, 0.15) is 15.9 Å². The highest BCUT2D eigenvalue weighted by molar-refractivity contribution is 5.94. The summed E-state index contributed by atoms with van der Waals surface area (Å²) >= 11 is 0. The number of amides is 1. The highest BCUT2D eigenvalue weighted by Crippen LogP contribution is 2.21. The zero-order valence-corrected chi connectivity index (χ0v) is 12.7. The third kappa shape index (κ3) is 3.61. The molecular formula is C16H11N4O5-. The van der Waals surface area contributed by atoms with Gasteiger partial charge < -0.3 is 14.8 Å². The molecular weight excluding hydrogens is 328 g/mol. The third-order valence-corrected chi connectivity index (χ3v) is 3.45. The number of hydrogen-bond acceptors (Lipinski definition) is 7. The molecule has 0 saturated carbocycles. The molecule has 1 aromatic heterocycles. The van der Waals surface area contributed by atoms with Crippen LogP contribution < -0.4 is 10.4 Å². The molecule has 126 valence electrons. The number of hydrogen-bond donors (Lipinski definition) is 1. The lowest BCUT2D eigenvalue weighted by molar-refractivity contribution is -0.385. The van der Waals surface area contributed by atoms with E-state index in [1.54, 1.807) is 24.3 Å². The minimum atomic E-state index is -0.596. The van der Waals surface area contributed by atoms with Gasteiger partial charge in [-0.25, -0.2) is 0 Å². The first kappa shape index (κ1) is 16.1. The van der Waals surface area contributed by atoms with Gasteiger partial charge in [0.15, 0.2) is 0 Å². The van der Waals surface area contributed by atoms with Gasteiger partial charge in [-0.05, 0) is 29.8 Å². The molecule has 9 nitrogen and oxygen atoms in total. The quantitative estimate of drug-likeness (QED) is 0.551. The maximum Gasteiger partial charge on any atom is 0.269 e. The van der Waals surface area contributed by atoms with Crippen molar-refractivity contribution in [3.05, 3.63) is 70.1 Å². The summed E-state index contributed by atoms with van der Waals surface area (Å²) < 4.78 is 5.06. The first-order valence-corrected chi connectivity index (χ1v) is 7.14. The van der Waals surface area contributed by atoms with Crippen LogP contribution >= 0.6 is 0 Å². The van der Waals surface area contributed by atoms with Crippen molar-refractivity contribution in [3.63, 3.8) is 0 Å². The summed E-state index contributed by atoms with van der Waals surface area (Å²) in [6, 6.07) is 9.83. The van der Waals surface area contributed by atoms with Crippen molar-refractivity contribution in [2.75, 3.05) is 0 Å². The monoisotopic (exact) mass is 339 g/mol. The van der Waals surface area contributed by atoms with Gasteiger partial charge in [-0.3, -0.25) is 14.9 Å². The summed E-state index contributed by atoms with van der Waals surface area (Å²) in [4.78, 5) is 22.3. The van der Waals surface area contributed by atoms with Crippen molar-refractivity contribution in [1.29, 1.82) is 0 Å². The van der Waals surface area contributed by atoms with Crippen molar-refractivity contribution in [2.24, 2.45) is 0 Å². The van der Waals surface area contributed by atoms with Gasteiger partial charge in [-0.1, -0.05) is 6.07 Å². The Morgan fingerprint density at radius 2 is 1.96 bits per heavy atom. The number of non-ortho nitro benzene ring substituents is 1. The van der Waals surface area contributed by atoms with Gasteiger partial charge in [0, 0.05) is 29.8 Å². The van der Waals surface area contributed by atoms with Crippen LogP contribution in [-0.4, -0.2) is 21.0 Å². The molecule has 0 unspecified atom stereocenters. The summed E-state index contributed by atoms with van der Waals surface area (Å²) in [5, 5.41) is 32.4. The van der Waals surface area contributed by atoms with E-state index < -0.39 is 10.8 Å². The molecule has 0 saturated heterocycles. The largest absolute Gasteiger partial charge is 0.872 e. The predicted octanol–water partition coefficient (Wildman–Crippen LogP) is 1.65. The van der Waals surface area contributed by atoms with Crippen molar-refractivity contribution in [1.82, 2.24) is 15.5 Å². The predicted molar refractivity (Wildman–Crippen MR) is 83.4 cm³/mol. The molecule has 1 amide bonds. The second-order valence-electron chi connectivity index (χ2n) is 5.05. The van der Waals surface area contributed by atoms with Crippen molar-refractivity contribution in [2.45, 2.75) is 6.54 Å². The Kier molecular flexibility index (Phi) is 4.38. The highest BCUT2D eigenvalue weighted by Gasteiger charge is 2.10. The van der Waals surface area contributed by atoms with E-state index in [-0.39, 0.29) is 23.5 Å². The summed E-state index contributed by atoms with van der Waals surface area (Å²) in [6.45, 7) is -0.106. The number of carbonyl (C=O) groups excluding carboxylic acids is 1. The van der Waals surface area contributed by atoms with E-state index in [2.05, 4.69) is 15.5 Å². The van der Waals surface area contributed by atoms with Gasteiger partial charge in [0.1, 0.15) is 0 Å². The van der Waals surface area contributed by atoms with E-state index in [1.165, 1.54) is 6.39 Å². The van der Waals surface area contributed by atoms with Crippen LogP contribution in [0.5, 0.6) is 5.75 Å². The number of nitro benzene ring substituents is 1. The van der Waals surface area contributed by atoms with Crippen LogP contribution in [0.25, 0.3) is 11.5 Å². The van der Waals surface area contributed by atoms with E-state index in [0.717, 1.165) is 18.2 Å². The molecule has 3 rings (SSSR count). The molecule has 0 fully saturated rings. The van der Waals surface area contributed by atoms with Crippen molar-refractivity contribution >= 4 is 11.6 Å². The lowest BCUT2D eigenvalue weighted by atomic mass is 10.1. The van der Waals surface area contributed by atoms with Crippen molar-refractivity contribution < 1.29 is 19.2 Å². The molecule has 0 atom stereocenters. The SMILES string of the molecule is O=C(NCc1cc([N+](=O)[O-])ccc1[O-])c1ccc(-c2nnco2)cc1. The van der Waals surface area contributed by atoms with E-state index in [4.69, 9.17) is 4.42 Å². The number of benzene rings is 2. The number of rotatable bonds is 5. The van der Waals surface area contributed by atoms with Crippen LogP contribution in [0.15, 0.2) is 53.3 Å². The summed E-state index contributed by atoms with van der Waals surface area (Å²) in [7, 11) is 0. The smallest absolute Gasteiger partial charge is 0.269 e. The Labute approximate surface area is 141 Å². The maximum absolute atomic E-state index is 12.1. The average molecular weight is 339 g/mol. The van der Waals surface area contributed by atoms with Crippen LogP contribution in [0.2, 0.25) is 0 Å². The highest BCUT2D eigenvalue weighted by atomic mass is 16.6. The second-order valence-corrected chi connectivity index (χ2v) is 5.05. The molecule has 9 heteroatoms. The molecule has 25 heavy (non-hydrogen) atoms. The molecule has 3 aromatic rings. The lowest BCUT2D eigenvalue weighted by Crippen LogP contribution is -2.23.